The van der Waals surface area contributed by atoms with Gasteiger partial charge in [0.25, 0.3) is 5.92 Å². The third kappa shape index (κ3) is 4.89. The van der Waals surface area contributed by atoms with E-state index >= 15 is 0 Å². The molecule has 0 aromatic rings. The van der Waals surface area contributed by atoms with Crippen molar-refractivity contribution < 1.29 is 13.6 Å². The van der Waals surface area contributed by atoms with Crippen LogP contribution in [0, 0.1) is 6.57 Å². The molecule has 6 heteroatoms. The zero-order valence-electron chi connectivity index (χ0n) is 12.0. The fraction of sp³-hybridized carbons (Fsp3) is 0.714. The van der Waals surface area contributed by atoms with Crippen LogP contribution in [0.2, 0.25) is 0 Å². The van der Waals surface area contributed by atoms with E-state index in [-0.39, 0.29) is 31.5 Å². The van der Waals surface area contributed by atoms with E-state index in [9.17, 15) is 13.6 Å². The summed E-state index contributed by atoms with van der Waals surface area (Å²) in [6, 6.07) is -0.134. The van der Waals surface area contributed by atoms with E-state index < -0.39 is 5.92 Å². The Morgan fingerprint density at radius 1 is 1.60 bits per heavy atom. The van der Waals surface area contributed by atoms with Gasteiger partial charge >= 0.3 is 0 Å². The number of carbonyl (C=O) groups is 1. The second-order valence-electron chi connectivity index (χ2n) is 5.06. The molecule has 20 heavy (non-hydrogen) atoms. The molecule has 1 atom stereocenters. The monoisotopic (exact) mass is 285 g/mol. The minimum absolute atomic E-state index is 0.113. The van der Waals surface area contributed by atoms with Gasteiger partial charge in [0.05, 0.1) is 6.54 Å². The van der Waals surface area contributed by atoms with Gasteiger partial charge in [0.15, 0.2) is 0 Å². The quantitative estimate of drug-likeness (QED) is 0.552. The van der Waals surface area contributed by atoms with Gasteiger partial charge in [-0.15, -0.1) is 0 Å². The molecule has 0 aliphatic carbocycles. The van der Waals surface area contributed by atoms with Crippen molar-refractivity contribution in [2.24, 2.45) is 0 Å². The van der Waals surface area contributed by atoms with E-state index in [2.05, 4.69) is 4.85 Å². The molecule has 0 spiro atoms. The van der Waals surface area contributed by atoms with Crippen LogP contribution in [-0.2, 0) is 4.79 Å². The van der Waals surface area contributed by atoms with E-state index in [1.807, 2.05) is 13.8 Å². The lowest BCUT2D eigenvalue weighted by Crippen LogP contribution is -2.39. The zero-order chi connectivity index (χ0) is 15.2. The minimum atomic E-state index is -2.60. The first kappa shape index (κ1) is 16.6. The van der Waals surface area contributed by atoms with Crippen LogP contribution < -0.4 is 0 Å². The van der Waals surface area contributed by atoms with Gasteiger partial charge in [-0.25, -0.2) is 15.4 Å². The number of amides is 1. The minimum Gasteiger partial charge on any atom is -0.329 e. The first-order chi connectivity index (χ1) is 9.39. The number of nitrogens with zero attached hydrogens (tertiary/aromatic N) is 3. The number of likely N-dealkylation sites (tertiary alicyclic amines) is 1. The lowest BCUT2D eigenvalue weighted by atomic mass is 10.2. The van der Waals surface area contributed by atoms with Crippen LogP contribution in [0.4, 0.5) is 8.78 Å². The van der Waals surface area contributed by atoms with Gasteiger partial charge in [-0.2, -0.15) is 0 Å². The number of likely N-dealkylation sites (N-methyl/N-ethyl adjacent to an activating group) is 1. The predicted molar refractivity (Wildman–Crippen MR) is 73.5 cm³/mol. The molecule has 1 rings (SSSR count). The van der Waals surface area contributed by atoms with Crippen molar-refractivity contribution in [1.82, 2.24) is 9.80 Å². The molecule has 1 aliphatic rings. The lowest BCUT2D eigenvalue weighted by Gasteiger charge is -2.23. The van der Waals surface area contributed by atoms with Gasteiger partial charge in [-0.3, -0.25) is 9.69 Å². The Kier molecular flexibility index (Phi) is 6.08. The van der Waals surface area contributed by atoms with Gasteiger partial charge in [0.1, 0.15) is 6.04 Å². The first-order valence-electron chi connectivity index (χ1n) is 6.80. The molecule has 0 bridgehead atoms. The largest absolute Gasteiger partial charge is 0.329 e. The highest BCUT2D eigenvalue weighted by molar-refractivity contribution is 5.87. The summed E-state index contributed by atoms with van der Waals surface area (Å²) < 4.78 is 26.0. The Bertz CT molecular complexity index is 404. The van der Waals surface area contributed by atoms with E-state index in [1.54, 1.807) is 15.9 Å². The summed E-state index contributed by atoms with van der Waals surface area (Å²) in [5.74, 6) is -2.77. The van der Waals surface area contributed by atoms with Crippen LogP contribution in [0.5, 0.6) is 0 Å². The van der Waals surface area contributed by atoms with E-state index in [0.717, 1.165) is 0 Å². The smallest absolute Gasteiger partial charge is 0.261 e. The van der Waals surface area contributed by atoms with Crippen molar-refractivity contribution in [3.05, 3.63) is 23.6 Å². The Balaban J connectivity index is 2.44. The summed E-state index contributed by atoms with van der Waals surface area (Å²) in [4.78, 5) is 18.5. The highest BCUT2D eigenvalue weighted by atomic mass is 19.3. The number of alkyl halides is 2. The standard InChI is InChI=1S/C14H21F2N3O/c1-4-19(12(2)10-17-3)13(20)6-5-8-18-9-7-14(15,16)11-18/h5-6,12H,4,7-11H2,1-2H3/b6-5+/t12-/m1/s1. The van der Waals surface area contributed by atoms with Gasteiger partial charge in [-0.05, 0) is 13.8 Å². The average Bonchev–Trinajstić information content (AvgIpc) is 2.70. The molecule has 4 nitrogen and oxygen atoms in total. The van der Waals surface area contributed by atoms with Gasteiger partial charge in [0, 0.05) is 32.1 Å². The average molecular weight is 285 g/mol. The molecule has 0 radical (unpaired) electrons. The lowest BCUT2D eigenvalue weighted by molar-refractivity contribution is -0.127. The van der Waals surface area contributed by atoms with Crippen LogP contribution in [0.1, 0.15) is 20.3 Å². The SMILES string of the molecule is [C-]#[N+]C[C@@H](C)N(CC)C(=O)/C=C/CN1CCC(F)(F)C1. The van der Waals surface area contributed by atoms with Crippen molar-refractivity contribution in [2.45, 2.75) is 32.2 Å². The highest BCUT2D eigenvalue weighted by Gasteiger charge is 2.37. The Morgan fingerprint density at radius 3 is 2.80 bits per heavy atom. The van der Waals surface area contributed by atoms with Crippen LogP contribution in [0.3, 0.4) is 0 Å². The Hall–Kier alpha value is -1.48. The molecule has 0 aromatic carbocycles. The summed E-state index contributed by atoms with van der Waals surface area (Å²) in [6.45, 7) is 11.8. The summed E-state index contributed by atoms with van der Waals surface area (Å²) >= 11 is 0. The van der Waals surface area contributed by atoms with E-state index in [0.29, 0.717) is 19.6 Å². The maximum absolute atomic E-state index is 13.0. The van der Waals surface area contributed by atoms with Crippen LogP contribution >= 0.6 is 0 Å². The third-order valence-electron chi connectivity index (χ3n) is 3.38. The third-order valence-corrected chi connectivity index (χ3v) is 3.38. The number of hydrogen-bond donors (Lipinski definition) is 0. The summed E-state index contributed by atoms with van der Waals surface area (Å²) in [6.07, 6.45) is 2.93. The normalized spacial score (nSPS) is 19.9. The first-order valence-corrected chi connectivity index (χ1v) is 6.80. The summed E-state index contributed by atoms with van der Waals surface area (Å²) in [5.41, 5.74) is 0. The summed E-state index contributed by atoms with van der Waals surface area (Å²) in [5, 5.41) is 0. The maximum atomic E-state index is 13.0. The molecule has 0 unspecified atom stereocenters. The molecule has 1 amide bonds. The zero-order valence-corrected chi connectivity index (χ0v) is 12.0. The summed E-state index contributed by atoms with van der Waals surface area (Å²) in [7, 11) is 0. The fourth-order valence-electron chi connectivity index (χ4n) is 2.28. The Morgan fingerprint density at radius 2 is 2.30 bits per heavy atom. The maximum Gasteiger partial charge on any atom is 0.261 e. The molecule has 112 valence electrons. The number of rotatable bonds is 6. The van der Waals surface area contributed by atoms with Crippen LogP contribution in [0.25, 0.3) is 4.85 Å². The second-order valence-corrected chi connectivity index (χ2v) is 5.06. The number of halogens is 2. The second kappa shape index (κ2) is 7.34. The predicted octanol–water partition coefficient (Wildman–Crippen LogP) is 2.04. The molecule has 1 saturated heterocycles. The van der Waals surface area contributed by atoms with Crippen molar-refractivity contribution >= 4 is 5.91 Å². The molecule has 1 aliphatic heterocycles. The van der Waals surface area contributed by atoms with Crippen LogP contribution in [0.15, 0.2) is 12.2 Å². The number of hydrogen-bond acceptors (Lipinski definition) is 2. The molecular weight excluding hydrogens is 264 g/mol. The van der Waals surface area contributed by atoms with E-state index in [1.165, 1.54) is 6.08 Å². The Labute approximate surface area is 118 Å². The molecule has 0 aromatic heterocycles. The van der Waals surface area contributed by atoms with Crippen molar-refractivity contribution in [1.29, 1.82) is 0 Å². The molecular formula is C14H21F2N3O. The van der Waals surface area contributed by atoms with Crippen molar-refractivity contribution in [3.8, 4) is 0 Å². The molecule has 1 heterocycles. The molecule has 0 saturated carbocycles. The topological polar surface area (TPSA) is 27.9 Å². The van der Waals surface area contributed by atoms with Crippen molar-refractivity contribution in [3.63, 3.8) is 0 Å². The highest BCUT2D eigenvalue weighted by Crippen LogP contribution is 2.26. The fourth-order valence-corrected chi connectivity index (χ4v) is 2.28. The molecule has 1 fully saturated rings. The van der Waals surface area contributed by atoms with Crippen LogP contribution in [-0.4, -0.2) is 60.4 Å². The van der Waals surface area contributed by atoms with Crippen molar-refractivity contribution in [2.75, 3.05) is 32.7 Å². The van der Waals surface area contributed by atoms with Gasteiger partial charge < -0.3 is 9.74 Å². The molecule has 0 N–H and O–H groups in total. The number of carbonyl (C=O) groups excluding carboxylic acids is 1. The van der Waals surface area contributed by atoms with E-state index in [4.69, 9.17) is 6.57 Å². The van der Waals surface area contributed by atoms with Gasteiger partial charge in [0.2, 0.25) is 12.5 Å². The van der Waals surface area contributed by atoms with Gasteiger partial charge in [-0.1, -0.05) is 6.08 Å².